The quantitative estimate of drug-likeness (QED) is 0.332. The van der Waals surface area contributed by atoms with E-state index in [1.54, 1.807) is 18.2 Å². The second-order valence-electron chi connectivity index (χ2n) is 8.79. The van der Waals surface area contributed by atoms with Crippen molar-refractivity contribution in [3.63, 3.8) is 0 Å². The third-order valence-electron chi connectivity index (χ3n) is 6.31. The molecule has 0 aromatic heterocycles. The van der Waals surface area contributed by atoms with Crippen LogP contribution in [0.15, 0.2) is 42.5 Å². The molecular formula is C23H31BClFN2O2. The monoisotopic (exact) mass is 432 g/mol. The first-order valence-corrected chi connectivity index (χ1v) is 11.0. The van der Waals surface area contributed by atoms with Crippen molar-refractivity contribution in [2.45, 2.75) is 63.5 Å². The highest BCUT2D eigenvalue weighted by molar-refractivity contribution is 6.40. The van der Waals surface area contributed by atoms with Crippen molar-refractivity contribution in [3.8, 4) is 11.1 Å². The molecule has 162 valence electrons. The number of nitrogens with one attached hydrogen (secondary N) is 1. The van der Waals surface area contributed by atoms with Gasteiger partial charge in [0.15, 0.2) is 0 Å². The maximum Gasteiger partial charge on any atom is 0.451 e. The van der Waals surface area contributed by atoms with Crippen LogP contribution in [-0.4, -0.2) is 28.7 Å². The van der Waals surface area contributed by atoms with Crippen molar-refractivity contribution in [3.05, 3.63) is 58.9 Å². The van der Waals surface area contributed by atoms with Gasteiger partial charge in [0, 0.05) is 28.7 Å². The molecule has 0 heterocycles. The molecule has 0 amide bonds. The topological polar surface area (TPSA) is 78.5 Å². The second kappa shape index (κ2) is 10.2. The predicted octanol–water partition coefficient (Wildman–Crippen LogP) is 4.37. The summed E-state index contributed by atoms with van der Waals surface area (Å²) in [5.74, 6) is 0.228. The summed E-state index contributed by atoms with van der Waals surface area (Å²) in [5.41, 5.74) is 8.69. The van der Waals surface area contributed by atoms with Gasteiger partial charge in [-0.05, 0) is 67.8 Å². The third kappa shape index (κ3) is 6.28. The molecule has 2 aromatic rings. The summed E-state index contributed by atoms with van der Waals surface area (Å²) in [6, 6.07) is 13.1. The molecule has 30 heavy (non-hydrogen) atoms. The molecule has 1 saturated carbocycles. The van der Waals surface area contributed by atoms with Crippen LogP contribution in [0.25, 0.3) is 11.1 Å². The Morgan fingerprint density at radius 3 is 2.43 bits per heavy atom. The normalized spacial score (nSPS) is 20.5. The lowest BCUT2D eigenvalue weighted by Crippen LogP contribution is -2.54. The minimum atomic E-state index is -1.23. The summed E-state index contributed by atoms with van der Waals surface area (Å²) in [6.07, 6.45) is 4.90. The van der Waals surface area contributed by atoms with E-state index in [9.17, 15) is 4.39 Å². The molecule has 1 aliphatic rings. The molecule has 5 N–H and O–H groups in total. The molecule has 0 aliphatic heterocycles. The van der Waals surface area contributed by atoms with Crippen LogP contribution < -0.4 is 11.1 Å². The van der Waals surface area contributed by atoms with E-state index in [0.717, 1.165) is 43.2 Å². The van der Waals surface area contributed by atoms with Crippen LogP contribution in [0.2, 0.25) is 11.3 Å². The molecule has 1 fully saturated rings. The van der Waals surface area contributed by atoms with Crippen molar-refractivity contribution < 1.29 is 14.4 Å². The Morgan fingerprint density at radius 2 is 1.80 bits per heavy atom. The fraction of sp³-hybridized carbons (Fsp3) is 0.478. The fourth-order valence-electron chi connectivity index (χ4n) is 4.13. The Balaban J connectivity index is 1.44. The predicted molar refractivity (Wildman–Crippen MR) is 122 cm³/mol. The van der Waals surface area contributed by atoms with E-state index < -0.39 is 7.12 Å². The van der Waals surface area contributed by atoms with Gasteiger partial charge in [-0.3, -0.25) is 0 Å². The lowest BCUT2D eigenvalue weighted by molar-refractivity contribution is 0.123. The average molecular weight is 433 g/mol. The van der Waals surface area contributed by atoms with Gasteiger partial charge in [0.25, 0.3) is 0 Å². The van der Waals surface area contributed by atoms with Crippen molar-refractivity contribution >= 4 is 18.7 Å². The molecule has 0 spiro atoms. The van der Waals surface area contributed by atoms with Crippen LogP contribution in [0.4, 0.5) is 4.39 Å². The average Bonchev–Trinajstić information content (AvgIpc) is 2.65. The molecule has 7 heteroatoms. The molecule has 2 aromatic carbocycles. The fourth-order valence-corrected chi connectivity index (χ4v) is 4.25. The Bertz CT molecular complexity index is 826. The van der Waals surface area contributed by atoms with Crippen LogP contribution in [0.5, 0.6) is 0 Å². The van der Waals surface area contributed by atoms with Gasteiger partial charge >= 0.3 is 7.12 Å². The lowest BCUT2D eigenvalue weighted by Gasteiger charge is -2.46. The minimum Gasteiger partial charge on any atom is -0.427 e. The third-order valence-corrected chi connectivity index (χ3v) is 6.56. The Labute approximate surface area is 183 Å². The summed E-state index contributed by atoms with van der Waals surface area (Å²) in [7, 11) is -1.23. The zero-order valence-corrected chi connectivity index (χ0v) is 18.2. The van der Waals surface area contributed by atoms with Crippen molar-refractivity contribution in [2.75, 3.05) is 0 Å². The number of halogens is 2. The van der Waals surface area contributed by atoms with Gasteiger partial charge in [0.1, 0.15) is 5.82 Å². The summed E-state index contributed by atoms with van der Waals surface area (Å²) >= 11 is 5.92. The van der Waals surface area contributed by atoms with E-state index in [1.807, 2.05) is 24.3 Å². The summed E-state index contributed by atoms with van der Waals surface area (Å²) < 4.78 is 14.6. The van der Waals surface area contributed by atoms with Crippen LogP contribution >= 0.6 is 11.6 Å². The number of nitrogens with two attached hydrogens (primary N) is 1. The van der Waals surface area contributed by atoms with Gasteiger partial charge in [0.2, 0.25) is 0 Å². The highest BCUT2D eigenvalue weighted by Crippen LogP contribution is 2.38. The van der Waals surface area contributed by atoms with Gasteiger partial charge in [-0.15, -0.1) is 0 Å². The molecule has 4 nitrogen and oxygen atoms in total. The van der Waals surface area contributed by atoms with E-state index in [1.165, 1.54) is 0 Å². The molecule has 3 rings (SSSR count). The Morgan fingerprint density at radius 1 is 1.13 bits per heavy atom. The molecule has 1 unspecified atom stereocenters. The first kappa shape index (κ1) is 23.2. The molecule has 1 atom stereocenters. The smallest absolute Gasteiger partial charge is 0.427 e. The van der Waals surface area contributed by atoms with Crippen LogP contribution in [0, 0.1) is 11.7 Å². The van der Waals surface area contributed by atoms with Crippen molar-refractivity contribution in [1.29, 1.82) is 0 Å². The number of unbranched alkanes of at least 4 members (excludes halogenated alkanes) is 1. The zero-order chi connectivity index (χ0) is 21.7. The standard InChI is InChI=1S/C23H31BClFN2O2/c1-23(27,10-2-3-11-24(29)30)19-13-21(14-19)28-15-18-5-4-17(12-22(18)26)16-6-8-20(25)9-7-16/h4-9,12,19,21,28-30H,2-3,10-11,13-15,27H2,1H3. The van der Waals surface area contributed by atoms with Crippen LogP contribution in [-0.2, 0) is 6.54 Å². The largest absolute Gasteiger partial charge is 0.451 e. The molecular weight excluding hydrogens is 402 g/mol. The van der Waals surface area contributed by atoms with E-state index in [4.69, 9.17) is 27.4 Å². The highest BCUT2D eigenvalue weighted by atomic mass is 35.5. The van der Waals surface area contributed by atoms with Gasteiger partial charge in [0.05, 0.1) is 0 Å². The zero-order valence-electron chi connectivity index (χ0n) is 17.5. The minimum absolute atomic E-state index is 0.208. The van der Waals surface area contributed by atoms with Gasteiger partial charge in [-0.1, -0.05) is 48.7 Å². The first-order valence-electron chi connectivity index (χ1n) is 10.7. The number of rotatable bonds is 10. The SMILES string of the molecule is CC(N)(CCCCB(O)O)C1CC(NCc2ccc(-c3ccc(Cl)cc3)cc2F)C1. The number of benzene rings is 2. The van der Waals surface area contributed by atoms with E-state index in [2.05, 4.69) is 12.2 Å². The summed E-state index contributed by atoms with van der Waals surface area (Å²) in [5, 5.41) is 22.0. The van der Waals surface area contributed by atoms with Crippen molar-refractivity contribution in [1.82, 2.24) is 5.32 Å². The van der Waals surface area contributed by atoms with Gasteiger partial charge in [-0.25, -0.2) is 4.39 Å². The van der Waals surface area contributed by atoms with E-state index in [-0.39, 0.29) is 11.4 Å². The second-order valence-corrected chi connectivity index (χ2v) is 9.23. The highest BCUT2D eigenvalue weighted by Gasteiger charge is 2.39. The maximum atomic E-state index is 14.6. The van der Waals surface area contributed by atoms with E-state index >= 15 is 0 Å². The maximum absolute atomic E-state index is 14.6. The van der Waals surface area contributed by atoms with Crippen LogP contribution in [0.1, 0.15) is 44.6 Å². The Kier molecular flexibility index (Phi) is 7.94. The lowest BCUT2D eigenvalue weighted by atomic mass is 9.67. The molecule has 0 saturated heterocycles. The number of hydrogen-bond acceptors (Lipinski definition) is 4. The number of hydrogen-bond donors (Lipinski definition) is 4. The molecule has 0 bridgehead atoms. The van der Waals surface area contributed by atoms with E-state index in [0.29, 0.717) is 35.4 Å². The Hall–Kier alpha value is -1.44. The summed E-state index contributed by atoms with van der Waals surface area (Å²) in [6.45, 7) is 2.58. The van der Waals surface area contributed by atoms with Gasteiger partial charge in [-0.2, -0.15) is 0 Å². The summed E-state index contributed by atoms with van der Waals surface area (Å²) in [4.78, 5) is 0. The van der Waals surface area contributed by atoms with Crippen molar-refractivity contribution in [2.24, 2.45) is 11.7 Å². The van der Waals surface area contributed by atoms with Crippen LogP contribution in [0.3, 0.4) is 0 Å². The molecule has 0 radical (unpaired) electrons. The first-order chi connectivity index (χ1) is 14.2. The van der Waals surface area contributed by atoms with Gasteiger partial charge < -0.3 is 21.1 Å². The molecule has 1 aliphatic carbocycles.